The van der Waals surface area contributed by atoms with Crippen molar-refractivity contribution < 1.29 is 13.9 Å². The van der Waals surface area contributed by atoms with Gasteiger partial charge in [0.05, 0.1) is 5.92 Å². The molecule has 4 rings (SSSR count). The van der Waals surface area contributed by atoms with Crippen LogP contribution < -0.4 is 0 Å². The summed E-state index contributed by atoms with van der Waals surface area (Å²) in [5.41, 5.74) is 0.104. The molecule has 1 spiro atoms. The average Bonchev–Trinajstić information content (AvgIpc) is 3.31. The Morgan fingerprint density at radius 1 is 1.28 bits per heavy atom. The fraction of sp³-hybridized carbons (Fsp3) is 0.773. The van der Waals surface area contributed by atoms with Gasteiger partial charge in [0.2, 0.25) is 17.7 Å². The van der Waals surface area contributed by atoms with E-state index in [-0.39, 0.29) is 17.2 Å². The number of carbonyl (C=O) groups is 1. The third-order valence-corrected chi connectivity index (χ3v) is 7.01. The smallest absolute Gasteiger partial charge is 0.223 e. The molecule has 0 bridgehead atoms. The van der Waals surface area contributed by atoms with Gasteiger partial charge in [-0.25, -0.2) is 0 Å². The molecule has 1 amide bonds. The Labute approximate surface area is 173 Å². The number of nitrogens with zero attached hydrogens (tertiary/aromatic N) is 4. The first-order valence-electron chi connectivity index (χ1n) is 10.9. The van der Waals surface area contributed by atoms with Gasteiger partial charge in [-0.2, -0.15) is 0 Å². The molecule has 1 aromatic heterocycles. The zero-order chi connectivity index (χ0) is 20.3. The van der Waals surface area contributed by atoms with Crippen LogP contribution in [0.5, 0.6) is 0 Å². The summed E-state index contributed by atoms with van der Waals surface area (Å²) in [5.74, 6) is 5.09. The van der Waals surface area contributed by atoms with Crippen LogP contribution in [0.4, 0.5) is 0 Å². The molecule has 3 aliphatic rings. The number of likely N-dealkylation sites (tertiary alicyclic amines) is 2. The number of rotatable bonds is 5. The van der Waals surface area contributed by atoms with Crippen molar-refractivity contribution in [3.05, 3.63) is 11.8 Å². The van der Waals surface area contributed by atoms with Crippen LogP contribution in [0.25, 0.3) is 0 Å². The minimum absolute atomic E-state index is 0.104. The number of piperidine rings is 1. The first-order valence-corrected chi connectivity index (χ1v) is 10.9. The number of aryl methyl sites for hydroxylation is 1. The van der Waals surface area contributed by atoms with Crippen LogP contribution in [0, 0.1) is 30.6 Å². The quantitative estimate of drug-likeness (QED) is 0.706. The number of amides is 1. The molecule has 3 saturated heterocycles. The van der Waals surface area contributed by atoms with E-state index in [0.29, 0.717) is 24.7 Å². The predicted molar refractivity (Wildman–Crippen MR) is 108 cm³/mol. The maximum Gasteiger partial charge on any atom is 0.223 e. The second-order valence-electron chi connectivity index (χ2n) is 8.91. The molecule has 3 aliphatic heterocycles. The van der Waals surface area contributed by atoms with Gasteiger partial charge in [0.1, 0.15) is 0 Å². The molecule has 1 unspecified atom stereocenters. The van der Waals surface area contributed by atoms with E-state index in [9.17, 15) is 4.79 Å². The first kappa shape index (κ1) is 20.4. The highest BCUT2D eigenvalue weighted by Crippen LogP contribution is 2.49. The highest BCUT2D eigenvalue weighted by molar-refractivity contribution is 5.76. The van der Waals surface area contributed by atoms with Gasteiger partial charge in [-0.05, 0) is 37.0 Å². The molecule has 0 aromatic carbocycles. The van der Waals surface area contributed by atoms with E-state index in [1.807, 2.05) is 11.8 Å². The third kappa shape index (κ3) is 4.49. The Bertz CT molecular complexity index is 741. The van der Waals surface area contributed by atoms with Crippen molar-refractivity contribution in [3.63, 3.8) is 0 Å². The Hall–Kier alpha value is -1.91. The van der Waals surface area contributed by atoms with Crippen molar-refractivity contribution in [1.82, 2.24) is 20.0 Å². The van der Waals surface area contributed by atoms with Gasteiger partial charge in [-0.1, -0.05) is 0 Å². The van der Waals surface area contributed by atoms with Crippen LogP contribution in [0.1, 0.15) is 56.2 Å². The number of aromatic nitrogens is 2. The second kappa shape index (κ2) is 8.85. The minimum atomic E-state index is 0.104. The van der Waals surface area contributed by atoms with Crippen molar-refractivity contribution in [2.75, 3.05) is 45.9 Å². The largest absolute Gasteiger partial charge is 0.425 e. The van der Waals surface area contributed by atoms with E-state index in [0.717, 1.165) is 77.5 Å². The molecule has 0 radical (unpaired) electrons. The number of hydrogen-bond donors (Lipinski definition) is 0. The summed E-state index contributed by atoms with van der Waals surface area (Å²) in [4.78, 5) is 17.0. The Morgan fingerprint density at radius 2 is 2.03 bits per heavy atom. The maximum absolute atomic E-state index is 12.4. The van der Waals surface area contributed by atoms with Crippen molar-refractivity contribution in [1.29, 1.82) is 0 Å². The number of terminal acetylenes is 1. The summed E-state index contributed by atoms with van der Waals surface area (Å²) < 4.78 is 11.4. The first-order chi connectivity index (χ1) is 14.1. The molecule has 0 saturated carbocycles. The molecular weight excluding hydrogens is 368 g/mol. The van der Waals surface area contributed by atoms with Gasteiger partial charge >= 0.3 is 0 Å². The lowest BCUT2D eigenvalue weighted by Crippen LogP contribution is -2.46. The van der Waals surface area contributed by atoms with Crippen molar-refractivity contribution in [2.24, 2.45) is 11.3 Å². The third-order valence-electron chi connectivity index (χ3n) is 7.01. The molecule has 0 N–H and O–H groups in total. The molecule has 29 heavy (non-hydrogen) atoms. The molecular formula is C22H32N4O3. The lowest BCUT2D eigenvalue weighted by atomic mass is 9.70. The summed E-state index contributed by atoms with van der Waals surface area (Å²) in [6, 6.07) is 0. The molecule has 1 aromatic rings. The van der Waals surface area contributed by atoms with Gasteiger partial charge in [0, 0.05) is 65.7 Å². The lowest BCUT2D eigenvalue weighted by molar-refractivity contribution is -0.133. The SMILES string of the molecule is C#CCCC(=O)N1CCC2(CC1)CN(CC1CCOCC1)CC2c1nnc(C)o1. The number of hydrogen-bond acceptors (Lipinski definition) is 6. The summed E-state index contributed by atoms with van der Waals surface area (Å²) in [5, 5.41) is 8.48. The van der Waals surface area contributed by atoms with Crippen LogP contribution in [0.2, 0.25) is 0 Å². The topological polar surface area (TPSA) is 71.7 Å². The van der Waals surface area contributed by atoms with E-state index in [2.05, 4.69) is 21.0 Å². The molecule has 3 fully saturated rings. The van der Waals surface area contributed by atoms with Gasteiger partial charge in [0.15, 0.2) is 0 Å². The lowest BCUT2D eigenvalue weighted by Gasteiger charge is -2.42. The fourth-order valence-electron chi connectivity index (χ4n) is 5.34. The normalized spacial score (nSPS) is 25.4. The van der Waals surface area contributed by atoms with E-state index in [4.69, 9.17) is 15.6 Å². The molecule has 0 aliphatic carbocycles. The zero-order valence-electron chi connectivity index (χ0n) is 17.4. The van der Waals surface area contributed by atoms with E-state index in [1.165, 1.54) is 0 Å². The Kier molecular flexibility index (Phi) is 6.21. The van der Waals surface area contributed by atoms with Crippen LogP contribution in [-0.2, 0) is 9.53 Å². The molecule has 4 heterocycles. The van der Waals surface area contributed by atoms with Crippen molar-refractivity contribution in [2.45, 2.75) is 51.4 Å². The zero-order valence-corrected chi connectivity index (χ0v) is 17.4. The summed E-state index contributed by atoms with van der Waals surface area (Å²) >= 11 is 0. The van der Waals surface area contributed by atoms with E-state index in [1.54, 1.807) is 0 Å². The standard InChI is InChI=1S/C22H32N4O3/c1-3-4-5-20(27)26-10-8-22(9-11-26)16-25(14-18-6-12-28-13-7-18)15-19(22)21-24-23-17(2)29-21/h1,18-19H,4-16H2,2H3. The molecule has 7 nitrogen and oxygen atoms in total. The number of ether oxygens (including phenoxy) is 1. The van der Waals surface area contributed by atoms with Crippen LogP contribution in [0.3, 0.4) is 0 Å². The fourth-order valence-corrected chi connectivity index (χ4v) is 5.34. The van der Waals surface area contributed by atoms with E-state index >= 15 is 0 Å². The highest BCUT2D eigenvalue weighted by atomic mass is 16.5. The highest BCUT2D eigenvalue weighted by Gasteiger charge is 2.51. The van der Waals surface area contributed by atoms with Crippen LogP contribution in [-0.4, -0.2) is 71.8 Å². The Morgan fingerprint density at radius 3 is 2.69 bits per heavy atom. The average molecular weight is 401 g/mol. The van der Waals surface area contributed by atoms with Crippen molar-refractivity contribution >= 4 is 5.91 Å². The van der Waals surface area contributed by atoms with E-state index < -0.39 is 0 Å². The van der Waals surface area contributed by atoms with Gasteiger partial charge in [0.25, 0.3) is 0 Å². The molecule has 158 valence electrons. The van der Waals surface area contributed by atoms with Crippen LogP contribution in [0.15, 0.2) is 4.42 Å². The maximum atomic E-state index is 12.4. The monoisotopic (exact) mass is 400 g/mol. The second-order valence-corrected chi connectivity index (χ2v) is 8.91. The molecule has 1 atom stereocenters. The van der Waals surface area contributed by atoms with Gasteiger partial charge in [-0.15, -0.1) is 22.5 Å². The number of carbonyl (C=O) groups excluding carboxylic acids is 1. The summed E-state index contributed by atoms with van der Waals surface area (Å²) in [7, 11) is 0. The van der Waals surface area contributed by atoms with Gasteiger partial charge < -0.3 is 19.0 Å². The van der Waals surface area contributed by atoms with Gasteiger partial charge in [-0.3, -0.25) is 4.79 Å². The summed E-state index contributed by atoms with van der Waals surface area (Å²) in [6.07, 6.45) is 10.5. The minimum Gasteiger partial charge on any atom is -0.425 e. The Balaban J connectivity index is 1.45. The molecule has 7 heteroatoms. The van der Waals surface area contributed by atoms with Crippen LogP contribution >= 0.6 is 0 Å². The predicted octanol–water partition coefficient (Wildman–Crippen LogP) is 2.23. The summed E-state index contributed by atoms with van der Waals surface area (Å²) in [6.45, 7) is 8.31. The van der Waals surface area contributed by atoms with Crippen molar-refractivity contribution in [3.8, 4) is 12.3 Å².